The number of carbonyl (C=O) groups is 2. The molecule has 0 unspecified atom stereocenters. The van der Waals surface area contributed by atoms with E-state index in [1.165, 1.54) is 0 Å². The zero-order chi connectivity index (χ0) is 6.57. The summed E-state index contributed by atoms with van der Waals surface area (Å²) in [6.45, 7) is 0. The van der Waals surface area contributed by atoms with Crippen molar-refractivity contribution in [1.29, 1.82) is 0 Å². The van der Waals surface area contributed by atoms with E-state index in [1.807, 2.05) is 0 Å². The first-order valence-electron chi connectivity index (χ1n) is 1.77. The average molecular weight is 244 g/mol. The van der Waals surface area contributed by atoms with Crippen molar-refractivity contribution in [2.24, 2.45) is 0 Å². The Labute approximate surface area is 68.2 Å². The molecule has 0 aliphatic heterocycles. The van der Waals surface area contributed by atoms with Crippen LogP contribution in [0.1, 0.15) is 0 Å². The molecule has 0 saturated heterocycles. The third-order valence-electron chi connectivity index (χ3n) is 0.368. The van der Waals surface area contributed by atoms with Gasteiger partial charge in [0.1, 0.15) is 0 Å². The van der Waals surface area contributed by atoms with Gasteiger partial charge in [0.05, 0.1) is 0 Å². The number of carboxylic acid groups (broad SMARTS) is 2. The molecule has 0 aromatic heterocycles. The van der Waals surface area contributed by atoms with E-state index in [2.05, 4.69) is 0 Å². The Hall–Kier alpha value is -0.590. The molecule has 4 nitrogen and oxygen atoms in total. The third-order valence-corrected chi connectivity index (χ3v) is 0.368. The van der Waals surface area contributed by atoms with Crippen LogP contribution in [0.5, 0.6) is 0 Å². The van der Waals surface area contributed by atoms with Gasteiger partial charge in [-0.25, -0.2) is 9.59 Å². The van der Waals surface area contributed by atoms with Gasteiger partial charge in [-0.15, -0.1) is 24.0 Å². The van der Waals surface area contributed by atoms with Crippen molar-refractivity contribution >= 4 is 35.9 Å². The van der Waals surface area contributed by atoms with Crippen LogP contribution < -0.4 is 0 Å². The predicted octanol–water partition coefficient (Wildman–Crippen LogP) is 0.330. The molecule has 5 heteroatoms. The van der Waals surface area contributed by atoms with Gasteiger partial charge in [-0.1, -0.05) is 0 Å². The zero-order valence-corrected chi connectivity index (χ0v) is 6.60. The Morgan fingerprint density at radius 2 is 1.22 bits per heavy atom. The molecule has 0 rings (SSSR count). The minimum absolute atomic E-state index is 0. The van der Waals surface area contributed by atoms with Crippen LogP contribution in [0.4, 0.5) is 0 Å². The maximum atomic E-state index is 9.55. The second-order valence-corrected chi connectivity index (χ2v) is 1.01. The molecule has 52 valence electrons. The fourth-order valence-electron chi connectivity index (χ4n) is 0.143. The van der Waals surface area contributed by atoms with Crippen molar-refractivity contribution in [3.63, 3.8) is 0 Å². The van der Waals surface area contributed by atoms with Gasteiger partial charge in [0, 0.05) is 12.2 Å². The molecule has 0 atom stereocenters. The van der Waals surface area contributed by atoms with E-state index in [0.717, 1.165) is 0 Å². The van der Waals surface area contributed by atoms with Gasteiger partial charge in [-0.3, -0.25) is 0 Å². The molecule has 0 aromatic rings. The number of carboxylic acids is 2. The fourth-order valence-corrected chi connectivity index (χ4v) is 0.143. The van der Waals surface area contributed by atoms with E-state index in [0.29, 0.717) is 12.2 Å². The molecule has 0 radical (unpaired) electrons. The zero-order valence-electron chi connectivity index (χ0n) is 4.27. The highest BCUT2D eigenvalue weighted by Crippen LogP contribution is 1.70. The second kappa shape index (κ2) is 5.54. The maximum absolute atomic E-state index is 9.55. The summed E-state index contributed by atoms with van der Waals surface area (Å²) < 4.78 is 0. The highest BCUT2D eigenvalue weighted by atomic mass is 127. The second-order valence-electron chi connectivity index (χ2n) is 1.01. The van der Waals surface area contributed by atoms with Crippen LogP contribution in [0.15, 0.2) is 12.2 Å². The molecule has 2 N–H and O–H groups in total. The maximum Gasteiger partial charge on any atom is 0.328 e. The lowest BCUT2D eigenvalue weighted by Gasteiger charge is -1.74. The fraction of sp³-hybridized carbons (Fsp3) is 0. The molecule has 0 aromatic carbocycles. The molecule has 0 saturated carbocycles. The van der Waals surface area contributed by atoms with Crippen molar-refractivity contribution in [2.45, 2.75) is 0 Å². The highest BCUT2D eigenvalue weighted by molar-refractivity contribution is 14.0. The summed E-state index contributed by atoms with van der Waals surface area (Å²) in [5.41, 5.74) is 0. The third kappa shape index (κ3) is 11.2. The molecule has 0 aliphatic carbocycles. The monoisotopic (exact) mass is 244 g/mol. The van der Waals surface area contributed by atoms with Gasteiger partial charge in [0.15, 0.2) is 0 Å². The Kier molecular flexibility index (Phi) is 6.92. The normalized spacial score (nSPS) is 8.44. The van der Waals surface area contributed by atoms with Crippen molar-refractivity contribution in [3.05, 3.63) is 12.2 Å². The first-order chi connectivity index (χ1) is 3.63. The smallest absolute Gasteiger partial charge is 0.328 e. The first-order valence-corrected chi connectivity index (χ1v) is 1.77. The minimum atomic E-state index is -1.26. The van der Waals surface area contributed by atoms with Crippen molar-refractivity contribution in [2.75, 3.05) is 0 Å². The summed E-state index contributed by atoms with van der Waals surface area (Å²) in [5.74, 6) is -2.51. The summed E-state index contributed by atoms with van der Waals surface area (Å²) in [4.78, 5) is 19.1. The van der Waals surface area contributed by atoms with Crippen LogP contribution in [0, 0.1) is 0 Å². The molecule has 9 heavy (non-hydrogen) atoms. The van der Waals surface area contributed by atoms with E-state index in [-0.39, 0.29) is 24.0 Å². The summed E-state index contributed by atoms with van der Waals surface area (Å²) in [7, 11) is 0. The summed E-state index contributed by atoms with van der Waals surface area (Å²) >= 11 is 0. The van der Waals surface area contributed by atoms with Gasteiger partial charge in [-0.2, -0.15) is 0 Å². The Morgan fingerprint density at radius 3 is 1.33 bits per heavy atom. The van der Waals surface area contributed by atoms with E-state index >= 15 is 0 Å². The van der Waals surface area contributed by atoms with E-state index in [4.69, 9.17) is 10.2 Å². The lowest BCUT2D eigenvalue weighted by Crippen LogP contribution is -1.91. The Balaban J connectivity index is 0. The van der Waals surface area contributed by atoms with Crippen molar-refractivity contribution < 1.29 is 19.8 Å². The molecule has 0 aliphatic rings. The van der Waals surface area contributed by atoms with Gasteiger partial charge in [0.25, 0.3) is 0 Å². The number of aliphatic carboxylic acids is 2. The van der Waals surface area contributed by atoms with Crippen molar-refractivity contribution in [1.82, 2.24) is 0 Å². The van der Waals surface area contributed by atoms with E-state index in [9.17, 15) is 9.59 Å². The number of halogens is 1. The van der Waals surface area contributed by atoms with Gasteiger partial charge in [0.2, 0.25) is 0 Å². The summed E-state index contributed by atoms with van der Waals surface area (Å²) in [6.07, 6.45) is 1.12. The van der Waals surface area contributed by atoms with Crippen LogP contribution in [0.2, 0.25) is 0 Å². The number of hydrogen-bond acceptors (Lipinski definition) is 2. The standard InChI is InChI=1S/C4H4O4.HI/c5-3(6)1-2-4(7)8;/h1-2H,(H,5,6)(H,7,8);1H/b2-1-;. The van der Waals surface area contributed by atoms with Gasteiger partial charge >= 0.3 is 11.9 Å². The SMILES string of the molecule is I.O=C(O)/C=C\C(=O)O. The molecule has 0 spiro atoms. The van der Waals surface area contributed by atoms with Crippen LogP contribution in [0.25, 0.3) is 0 Å². The lowest BCUT2D eigenvalue weighted by atomic mass is 10.5. The van der Waals surface area contributed by atoms with Crippen molar-refractivity contribution in [3.8, 4) is 0 Å². The lowest BCUT2D eigenvalue weighted by molar-refractivity contribution is -0.134. The summed E-state index contributed by atoms with van der Waals surface area (Å²) in [5, 5.41) is 15.6. The summed E-state index contributed by atoms with van der Waals surface area (Å²) in [6, 6.07) is 0. The highest BCUT2D eigenvalue weighted by Gasteiger charge is 1.88. The molecule has 0 bridgehead atoms. The van der Waals surface area contributed by atoms with Crippen LogP contribution >= 0.6 is 24.0 Å². The molecule has 0 fully saturated rings. The van der Waals surface area contributed by atoms with E-state index in [1.54, 1.807) is 0 Å². The number of hydrogen-bond donors (Lipinski definition) is 2. The van der Waals surface area contributed by atoms with Crippen LogP contribution in [0.3, 0.4) is 0 Å². The topological polar surface area (TPSA) is 74.6 Å². The molecular weight excluding hydrogens is 239 g/mol. The largest absolute Gasteiger partial charge is 0.478 e. The Morgan fingerprint density at radius 1 is 1.00 bits per heavy atom. The van der Waals surface area contributed by atoms with Gasteiger partial charge < -0.3 is 10.2 Å². The molecule has 0 amide bonds. The van der Waals surface area contributed by atoms with Crippen LogP contribution in [-0.4, -0.2) is 22.2 Å². The van der Waals surface area contributed by atoms with Crippen LogP contribution in [-0.2, 0) is 9.59 Å². The predicted molar refractivity (Wildman–Crippen MR) is 39.8 cm³/mol. The number of rotatable bonds is 2. The Bertz CT molecular complexity index is 124. The van der Waals surface area contributed by atoms with E-state index < -0.39 is 11.9 Å². The average Bonchev–Trinajstić information content (AvgIpc) is 1.61. The molecule has 0 heterocycles. The minimum Gasteiger partial charge on any atom is -0.478 e. The molecular formula is C4H5IO4. The quantitative estimate of drug-likeness (QED) is 0.542. The van der Waals surface area contributed by atoms with Gasteiger partial charge in [-0.05, 0) is 0 Å². The first kappa shape index (κ1) is 11.2.